The molecule has 0 heterocycles. The summed E-state index contributed by atoms with van der Waals surface area (Å²) < 4.78 is 10.8. The molecule has 1 rings (SSSR count). The maximum atomic E-state index is 5.60. The summed E-state index contributed by atoms with van der Waals surface area (Å²) in [5.74, 6) is 0.936. The van der Waals surface area contributed by atoms with Crippen molar-refractivity contribution in [1.82, 2.24) is 0 Å². The molecule has 0 bridgehead atoms. The van der Waals surface area contributed by atoms with E-state index in [2.05, 4.69) is 19.1 Å². The molecule has 2 N–H and O–H groups in total. The Bertz CT molecular complexity index is 300. The van der Waals surface area contributed by atoms with Crippen molar-refractivity contribution in [1.29, 1.82) is 0 Å². The van der Waals surface area contributed by atoms with Gasteiger partial charge in [0, 0.05) is 6.54 Å². The molecule has 15 heavy (non-hydrogen) atoms. The number of hydrogen-bond acceptors (Lipinski definition) is 3. The molecule has 1 aromatic rings. The third-order valence-corrected chi connectivity index (χ3v) is 2.09. The monoisotopic (exact) mass is 209 g/mol. The Hall–Kier alpha value is -1.06. The molecular formula is C12H19NO2. The molecule has 0 fully saturated rings. The lowest BCUT2D eigenvalue weighted by Crippen LogP contribution is -2.13. The lowest BCUT2D eigenvalue weighted by molar-refractivity contribution is 0.105. The summed E-state index contributed by atoms with van der Waals surface area (Å²) in [4.78, 5) is 0. The number of benzene rings is 1. The van der Waals surface area contributed by atoms with Crippen LogP contribution in [0.3, 0.4) is 0 Å². The molecule has 0 aliphatic rings. The Labute approximate surface area is 91.2 Å². The van der Waals surface area contributed by atoms with Gasteiger partial charge >= 0.3 is 0 Å². The van der Waals surface area contributed by atoms with Crippen molar-refractivity contribution in [2.24, 2.45) is 5.73 Å². The molecule has 0 atom stereocenters. The van der Waals surface area contributed by atoms with Crippen LogP contribution in [0, 0.1) is 13.8 Å². The first-order chi connectivity index (χ1) is 7.24. The fourth-order valence-electron chi connectivity index (χ4n) is 1.26. The molecule has 84 valence electrons. The van der Waals surface area contributed by atoms with E-state index in [4.69, 9.17) is 15.2 Å². The standard InChI is InChI=1S/C12H19NO2/c1-10-3-4-11(2)12(9-10)15-8-7-14-6-5-13/h3-4,9H,5-8,13H2,1-2H3. The van der Waals surface area contributed by atoms with Crippen LogP contribution in [0.5, 0.6) is 5.75 Å². The van der Waals surface area contributed by atoms with E-state index in [1.165, 1.54) is 5.56 Å². The van der Waals surface area contributed by atoms with E-state index in [1.807, 2.05) is 13.0 Å². The highest BCUT2D eigenvalue weighted by atomic mass is 16.5. The van der Waals surface area contributed by atoms with Gasteiger partial charge in [-0.25, -0.2) is 0 Å². The second-order valence-corrected chi connectivity index (χ2v) is 3.52. The highest BCUT2D eigenvalue weighted by Gasteiger charge is 1.99. The average Bonchev–Trinajstić information content (AvgIpc) is 2.23. The summed E-state index contributed by atoms with van der Waals surface area (Å²) in [5, 5.41) is 0. The number of ether oxygens (including phenoxy) is 2. The van der Waals surface area contributed by atoms with Gasteiger partial charge in [0.1, 0.15) is 12.4 Å². The van der Waals surface area contributed by atoms with Crippen molar-refractivity contribution in [3.8, 4) is 5.75 Å². The lowest BCUT2D eigenvalue weighted by atomic mass is 10.1. The SMILES string of the molecule is Cc1ccc(C)c(OCCOCCN)c1. The lowest BCUT2D eigenvalue weighted by Gasteiger charge is -2.09. The quantitative estimate of drug-likeness (QED) is 0.725. The van der Waals surface area contributed by atoms with Crippen molar-refractivity contribution in [2.45, 2.75) is 13.8 Å². The summed E-state index contributed by atoms with van der Waals surface area (Å²) in [6, 6.07) is 6.18. The molecule has 0 radical (unpaired) electrons. The third kappa shape index (κ3) is 4.32. The molecule has 0 aromatic heterocycles. The zero-order valence-corrected chi connectivity index (χ0v) is 9.45. The van der Waals surface area contributed by atoms with Crippen molar-refractivity contribution in [2.75, 3.05) is 26.4 Å². The number of hydrogen-bond donors (Lipinski definition) is 1. The van der Waals surface area contributed by atoms with E-state index in [0.29, 0.717) is 26.4 Å². The average molecular weight is 209 g/mol. The van der Waals surface area contributed by atoms with Gasteiger partial charge in [-0.1, -0.05) is 12.1 Å². The van der Waals surface area contributed by atoms with Crippen molar-refractivity contribution >= 4 is 0 Å². The van der Waals surface area contributed by atoms with Crippen LogP contribution in [0.4, 0.5) is 0 Å². The largest absolute Gasteiger partial charge is 0.491 e. The highest BCUT2D eigenvalue weighted by molar-refractivity contribution is 5.35. The summed E-state index contributed by atoms with van der Waals surface area (Å²) in [6.07, 6.45) is 0. The molecular weight excluding hydrogens is 190 g/mol. The van der Waals surface area contributed by atoms with Gasteiger partial charge in [-0.3, -0.25) is 0 Å². The van der Waals surface area contributed by atoms with Gasteiger partial charge in [-0.05, 0) is 31.0 Å². The molecule has 3 nitrogen and oxygen atoms in total. The van der Waals surface area contributed by atoms with Crippen molar-refractivity contribution in [3.63, 3.8) is 0 Å². The molecule has 1 aromatic carbocycles. The summed E-state index contributed by atoms with van der Waals surface area (Å²) in [7, 11) is 0. The minimum Gasteiger partial charge on any atom is -0.491 e. The minimum atomic E-state index is 0.559. The molecule has 0 saturated carbocycles. The summed E-state index contributed by atoms with van der Waals surface area (Å²) >= 11 is 0. The predicted octanol–water partition coefficient (Wildman–Crippen LogP) is 1.66. The fourth-order valence-corrected chi connectivity index (χ4v) is 1.26. The van der Waals surface area contributed by atoms with Crippen LogP contribution in [0.2, 0.25) is 0 Å². The van der Waals surface area contributed by atoms with Crippen LogP contribution in [-0.2, 0) is 4.74 Å². The van der Waals surface area contributed by atoms with Gasteiger partial charge in [0.2, 0.25) is 0 Å². The fraction of sp³-hybridized carbons (Fsp3) is 0.500. The highest BCUT2D eigenvalue weighted by Crippen LogP contribution is 2.18. The Morgan fingerprint density at radius 1 is 1.13 bits per heavy atom. The Morgan fingerprint density at radius 2 is 1.93 bits per heavy atom. The van der Waals surface area contributed by atoms with Crippen LogP contribution in [0.25, 0.3) is 0 Å². The van der Waals surface area contributed by atoms with Gasteiger partial charge in [-0.2, -0.15) is 0 Å². The number of aryl methyl sites for hydroxylation is 2. The number of rotatable bonds is 6. The summed E-state index contributed by atoms with van der Waals surface area (Å²) in [6.45, 7) is 6.40. The number of nitrogens with two attached hydrogens (primary N) is 1. The van der Waals surface area contributed by atoms with Crippen molar-refractivity contribution in [3.05, 3.63) is 29.3 Å². The second-order valence-electron chi connectivity index (χ2n) is 3.52. The zero-order valence-electron chi connectivity index (χ0n) is 9.45. The summed E-state index contributed by atoms with van der Waals surface area (Å²) in [5.41, 5.74) is 7.66. The molecule has 3 heteroatoms. The van der Waals surface area contributed by atoms with Crippen LogP contribution in [-0.4, -0.2) is 26.4 Å². The molecule has 0 amide bonds. The van der Waals surface area contributed by atoms with Gasteiger partial charge in [0.25, 0.3) is 0 Å². The van der Waals surface area contributed by atoms with Crippen LogP contribution >= 0.6 is 0 Å². The van der Waals surface area contributed by atoms with E-state index in [1.54, 1.807) is 0 Å². The first kappa shape index (κ1) is 12.0. The predicted molar refractivity (Wildman–Crippen MR) is 61.3 cm³/mol. The van der Waals surface area contributed by atoms with E-state index in [0.717, 1.165) is 11.3 Å². The zero-order chi connectivity index (χ0) is 11.1. The first-order valence-corrected chi connectivity index (χ1v) is 5.22. The normalized spacial score (nSPS) is 10.3. The molecule has 0 spiro atoms. The Balaban J connectivity index is 2.33. The van der Waals surface area contributed by atoms with Crippen LogP contribution in [0.15, 0.2) is 18.2 Å². The van der Waals surface area contributed by atoms with Gasteiger partial charge in [0.05, 0.1) is 13.2 Å². The van der Waals surface area contributed by atoms with E-state index in [-0.39, 0.29) is 0 Å². The maximum absolute atomic E-state index is 5.60. The topological polar surface area (TPSA) is 44.5 Å². The minimum absolute atomic E-state index is 0.559. The van der Waals surface area contributed by atoms with E-state index >= 15 is 0 Å². The Morgan fingerprint density at radius 3 is 2.67 bits per heavy atom. The Kier molecular flexibility index (Phi) is 5.15. The third-order valence-electron chi connectivity index (χ3n) is 2.09. The van der Waals surface area contributed by atoms with Gasteiger partial charge in [-0.15, -0.1) is 0 Å². The van der Waals surface area contributed by atoms with Gasteiger partial charge in [0.15, 0.2) is 0 Å². The molecule has 0 aliphatic carbocycles. The van der Waals surface area contributed by atoms with E-state index < -0.39 is 0 Å². The molecule has 0 unspecified atom stereocenters. The van der Waals surface area contributed by atoms with Gasteiger partial charge < -0.3 is 15.2 Å². The van der Waals surface area contributed by atoms with Crippen LogP contribution < -0.4 is 10.5 Å². The smallest absolute Gasteiger partial charge is 0.122 e. The van der Waals surface area contributed by atoms with E-state index in [9.17, 15) is 0 Å². The van der Waals surface area contributed by atoms with Crippen molar-refractivity contribution < 1.29 is 9.47 Å². The van der Waals surface area contributed by atoms with Crippen LogP contribution in [0.1, 0.15) is 11.1 Å². The maximum Gasteiger partial charge on any atom is 0.122 e. The molecule has 0 aliphatic heterocycles. The first-order valence-electron chi connectivity index (χ1n) is 5.22. The molecule has 0 saturated heterocycles. The second kappa shape index (κ2) is 6.43.